The van der Waals surface area contributed by atoms with E-state index in [1.54, 1.807) is 0 Å². The van der Waals surface area contributed by atoms with Crippen molar-refractivity contribution in [3.63, 3.8) is 0 Å². The Balaban J connectivity index is 1.73. The topological polar surface area (TPSA) is 64.8 Å². The molecule has 0 bridgehead atoms. The van der Waals surface area contributed by atoms with E-state index >= 15 is 0 Å². The smallest absolute Gasteiger partial charge is 0.399 e. The fourth-order valence-electron chi connectivity index (χ4n) is 3.27. The molecule has 2 saturated heterocycles. The van der Waals surface area contributed by atoms with Gasteiger partial charge in [-0.2, -0.15) is 0 Å². The lowest BCUT2D eigenvalue weighted by atomic mass is 9.79. The number of amides is 1. The standard InChI is InChI=1S/C18H27BN2O3/c1-17(2)18(3,4)24-19(23-17)14-6-5-7-15(12-14)21-10-8-13(9-11-21)16(20)22/h5-7,12-13H,8-11H2,1-4H3,(H2,20,22). The largest absolute Gasteiger partial charge is 0.494 e. The van der Waals surface area contributed by atoms with E-state index in [4.69, 9.17) is 15.0 Å². The van der Waals surface area contributed by atoms with Crippen LogP contribution in [0.3, 0.4) is 0 Å². The number of anilines is 1. The maximum absolute atomic E-state index is 11.3. The summed E-state index contributed by atoms with van der Waals surface area (Å²) in [5.74, 6) is -0.173. The summed E-state index contributed by atoms with van der Waals surface area (Å²) in [5, 5.41) is 0. The highest BCUT2D eigenvalue weighted by atomic mass is 16.7. The highest BCUT2D eigenvalue weighted by Gasteiger charge is 2.51. The molecule has 0 saturated carbocycles. The molecule has 1 aromatic carbocycles. The first-order valence-electron chi connectivity index (χ1n) is 8.69. The molecule has 5 nitrogen and oxygen atoms in total. The summed E-state index contributed by atoms with van der Waals surface area (Å²) in [6.07, 6.45) is 1.63. The van der Waals surface area contributed by atoms with E-state index in [-0.39, 0.29) is 30.1 Å². The summed E-state index contributed by atoms with van der Waals surface area (Å²) in [5.41, 5.74) is 6.91. The van der Waals surface area contributed by atoms with Crippen molar-refractivity contribution >= 4 is 24.2 Å². The summed E-state index contributed by atoms with van der Waals surface area (Å²) in [7, 11) is -0.349. The molecule has 1 aromatic rings. The fraction of sp³-hybridized carbons (Fsp3) is 0.611. The summed E-state index contributed by atoms with van der Waals surface area (Å²) >= 11 is 0. The molecule has 0 aromatic heterocycles. The zero-order chi connectivity index (χ0) is 17.5. The lowest BCUT2D eigenvalue weighted by molar-refractivity contribution is -0.122. The van der Waals surface area contributed by atoms with Crippen LogP contribution >= 0.6 is 0 Å². The van der Waals surface area contributed by atoms with Crippen LogP contribution < -0.4 is 16.1 Å². The Labute approximate surface area is 144 Å². The average Bonchev–Trinajstić information content (AvgIpc) is 2.76. The molecular weight excluding hydrogens is 303 g/mol. The lowest BCUT2D eigenvalue weighted by Gasteiger charge is -2.32. The molecule has 6 heteroatoms. The Morgan fingerprint density at radius 3 is 2.29 bits per heavy atom. The summed E-state index contributed by atoms with van der Waals surface area (Å²) in [6.45, 7) is 9.94. The second kappa shape index (κ2) is 6.08. The Bertz CT molecular complexity index is 608. The van der Waals surface area contributed by atoms with Crippen LogP contribution in [0.2, 0.25) is 0 Å². The molecule has 0 aliphatic carbocycles. The summed E-state index contributed by atoms with van der Waals surface area (Å²) < 4.78 is 12.3. The predicted molar refractivity (Wildman–Crippen MR) is 96.3 cm³/mol. The second-order valence-electron chi connectivity index (χ2n) is 7.85. The van der Waals surface area contributed by atoms with Crippen LogP contribution in [0.25, 0.3) is 0 Å². The molecule has 2 heterocycles. The molecule has 24 heavy (non-hydrogen) atoms. The highest BCUT2D eigenvalue weighted by molar-refractivity contribution is 6.62. The van der Waals surface area contributed by atoms with Gasteiger partial charge in [0.2, 0.25) is 5.91 Å². The number of hydrogen-bond acceptors (Lipinski definition) is 4. The monoisotopic (exact) mass is 330 g/mol. The number of piperidine rings is 1. The van der Waals surface area contributed by atoms with Crippen LogP contribution in [-0.2, 0) is 14.1 Å². The van der Waals surface area contributed by atoms with Gasteiger partial charge < -0.3 is 19.9 Å². The molecule has 1 amide bonds. The van der Waals surface area contributed by atoms with Crippen molar-refractivity contribution in [3.8, 4) is 0 Å². The lowest BCUT2D eigenvalue weighted by Crippen LogP contribution is -2.41. The third-order valence-electron chi connectivity index (χ3n) is 5.66. The second-order valence-corrected chi connectivity index (χ2v) is 7.85. The van der Waals surface area contributed by atoms with E-state index in [1.165, 1.54) is 0 Å². The Hall–Kier alpha value is -1.53. The Morgan fingerprint density at radius 2 is 1.75 bits per heavy atom. The van der Waals surface area contributed by atoms with Gasteiger partial charge in [-0.1, -0.05) is 12.1 Å². The van der Waals surface area contributed by atoms with Gasteiger partial charge in [0.15, 0.2) is 0 Å². The molecule has 0 unspecified atom stereocenters. The summed E-state index contributed by atoms with van der Waals surface area (Å²) in [6, 6.07) is 8.31. The molecule has 130 valence electrons. The number of primary amides is 1. The van der Waals surface area contributed by atoms with Crippen LogP contribution in [-0.4, -0.2) is 37.3 Å². The van der Waals surface area contributed by atoms with E-state index in [0.29, 0.717) is 0 Å². The average molecular weight is 330 g/mol. The first-order chi connectivity index (χ1) is 11.2. The van der Waals surface area contributed by atoms with E-state index in [1.807, 2.05) is 12.1 Å². The maximum Gasteiger partial charge on any atom is 0.494 e. The maximum atomic E-state index is 11.3. The SMILES string of the molecule is CC1(C)OB(c2cccc(N3CCC(C(N)=O)CC3)c2)OC1(C)C. The van der Waals surface area contributed by atoms with Gasteiger partial charge in [0.25, 0.3) is 0 Å². The highest BCUT2D eigenvalue weighted by Crippen LogP contribution is 2.36. The first kappa shape index (κ1) is 17.3. The van der Waals surface area contributed by atoms with Gasteiger partial charge in [-0.3, -0.25) is 4.79 Å². The van der Waals surface area contributed by atoms with Crippen LogP contribution in [0.4, 0.5) is 5.69 Å². The molecule has 2 fully saturated rings. The van der Waals surface area contributed by atoms with Crippen LogP contribution in [0.1, 0.15) is 40.5 Å². The molecule has 0 radical (unpaired) electrons. The predicted octanol–water partition coefficient (Wildman–Crippen LogP) is 1.69. The van der Waals surface area contributed by atoms with Crippen molar-refractivity contribution in [2.24, 2.45) is 11.7 Å². The fourth-order valence-corrected chi connectivity index (χ4v) is 3.27. The number of nitrogens with zero attached hydrogens (tertiary/aromatic N) is 1. The van der Waals surface area contributed by atoms with E-state index in [0.717, 1.165) is 37.1 Å². The zero-order valence-corrected chi connectivity index (χ0v) is 15.0. The van der Waals surface area contributed by atoms with Crippen molar-refractivity contribution in [1.29, 1.82) is 0 Å². The summed E-state index contributed by atoms with van der Waals surface area (Å²) in [4.78, 5) is 13.6. The van der Waals surface area contributed by atoms with Crippen molar-refractivity contribution in [2.45, 2.75) is 51.7 Å². The number of benzene rings is 1. The number of hydrogen-bond donors (Lipinski definition) is 1. The van der Waals surface area contributed by atoms with Gasteiger partial charge >= 0.3 is 7.12 Å². The van der Waals surface area contributed by atoms with E-state index < -0.39 is 0 Å². The van der Waals surface area contributed by atoms with Gasteiger partial charge in [-0.05, 0) is 58.1 Å². The number of rotatable bonds is 3. The molecule has 0 spiro atoms. The Kier molecular flexibility index (Phi) is 4.38. The minimum Gasteiger partial charge on any atom is -0.399 e. The van der Waals surface area contributed by atoms with Crippen molar-refractivity contribution < 1.29 is 14.1 Å². The molecule has 2 aliphatic rings. The van der Waals surface area contributed by atoms with Crippen molar-refractivity contribution in [3.05, 3.63) is 24.3 Å². The Morgan fingerprint density at radius 1 is 1.17 bits per heavy atom. The van der Waals surface area contributed by atoms with Gasteiger partial charge in [0.1, 0.15) is 0 Å². The molecule has 0 atom stereocenters. The quantitative estimate of drug-likeness (QED) is 0.857. The van der Waals surface area contributed by atoms with Crippen molar-refractivity contribution in [2.75, 3.05) is 18.0 Å². The molecule has 3 rings (SSSR count). The number of carbonyl (C=O) groups is 1. The third-order valence-corrected chi connectivity index (χ3v) is 5.66. The molecule has 2 N–H and O–H groups in total. The number of carbonyl (C=O) groups excluding carboxylic acids is 1. The van der Waals surface area contributed by atoms with Gasteiger partial charge in [0, 0.05) is 24.7 Å². The van der Waals surface area contributed by atoms with Crippen LogP contribution in [0.15, 0.2) is 24.3 Å². The van der Waals surface area contributed by atoms with Gasteiger partial charge in [0.05, 0.1) is 11.2 Å². The van der Waals surface area contributed by atoms with Crippen LogP contribution in [0, 0.1) is 5.92 Å². The number of nitrogens with two attached hydrogens (primary N) is 1. The normalized spacial score (nSPS) is 23.5. The third kappa shape index (κ3) is 3.17. The molecular formula is C18H27BN2O3. The zero-order valence-electron chi connectivity index (χ0n) is 15.0. The van der Waals surface area contributed by atoms with Gasteiger partial charge in [-0.15, -0.1) is 0 Å². The minimum atomic E-state index is -0.349. The first-order valence-corrected chi connectivity index (χ1v) is 8.69. The van der Waals surface area contributed by atoms with Crippen molar-refractivity contribution in [1.82, 2.24) is 0 Å². The van der Waals surface area contributed by atoms with E-state index in [2.05, 4.69) is 44.7 Å². The molecule has 2 aliphatic heterocycles. The van der Waals surface area contributed by atoms with Gasteiger partial charge in [-0.25, -0.2) is 0 Å². The minimum absolute atomic E-state index is 0.00697. The van der Waals surface area contributed by atoms with E-state index in [9.17, 15) is 4.79 Å². The van der Waals surface area contributed by atoms with Crippen LogP contribution in [0.5, 0.6) is 0 Å².